The Kier molecular flexibility index (Phi) is 6.26. The summed E-state index contributed by atoms with van der Waals surface area (Å²) in [7, 11) is 0. The highest BCUT2D eigenvalue weighted by atomic mass is 16.5. The van der Waals surface area contributed by atoms with E-state index in [1.165, 1.54) is 6.08 Å². The summed E-state index contributed by atoms with van der Waals surface area (Å²) in [4.78, 5) is 24.0. The summed E-state index contributed by atoms with van der Waals surface area (Å²) in [6.45, 7) is 3.97. The van der Waals surface area contributed by atoms with Crippen LogP contribution in [0.1, 0.15) is 35.3 Å². The lowest BCUT2D eigenvalue weighted by molar-refractivity contribution is -0.137. The molecule has 2 aromatic rings. The predicted octanol–water partition coefficient (Wildman–Crippen LogP) is 4.55. The largest absolute Gasteiger partial charge is 0.463 e. The van der Waals surface area contributed by atoms with Crippen LogP contribution in [0.5, 0.6) is 0 Å². The van der Waals surface area contributed by atoms with Crippen LogP contribution >= 0.6 is 0 Å². The van der Waals surface area contributed by atoms with Crippen molar-refractivity contribution < 1.29 is 14.3 Å². The molecule has 3 nitrogen and oxygen atoms in total. The van der Waals surface area contributed by atoms with Gasteiger partial charge in [0.2, 0.25) is 0 Å². The van der Waals surface area contributed by atoms with E-state index in [9.17, 15) is 9.59 Å². The number of allylic oxidation sites excluding steroid dienone is 2. The van der Waals surface area contributed by atoms with Gasteiger partial charge in [0.1, 0.15) is 0 Å². The lowest BCUT2D eigenvalue weighted by atomic mass is 9.96. The summed E-state index contributed by atoms with van der Waals surface area (Å²) < 4.78 is 4.83. The quantitative estimate of drug-likeness (QED) is 0.445. The van der Waals surface area contributed by atoms with E-state index in [1.54, 1.807) is 37.3 Å². The van der Waals surface area contributed by atoms with Crippen LogP contribution in [-0.4, -0.2) is 18.4 Å². The molecule has 2 rings (SSSR count). The van der Waals surface area contributed by atoms with Gasteiger partial charge in [-0.1, -0.05) is 60.7 Å². The third-order valence-electron chi connectivity index (χ3n) is 3.49. The van der Waals surface area contributed by atoms with Crippen molar-refractivity contribution in [3.05, 3.63) is 83.4 Å². The Morgan fingerprint density at radius 2 is 1.62 bits per heavy atom. The zero-order valence-electron chi connectivity index (χ0n) is 13.9. The summed E-state index contributed by atoms with van der Waals surface area (Å²) in [6.07, 6.45) is 4.87. The molecule has 0 amide bonds. The van der Waals surface area contributed by atoms with Crippen LogP contribution in [0.4, 0.5) is 0 Å². The van der Waals surface area contributed by atoms with Crippen LogP contribution < -0.4 is 0 Å². The minimum Gasteiger partial charge on any atom is -0.463 e. The number of rotatable bonds is 6. The molecule has 24 heavy (non-hydrogen) atoms. The van der Waals surface area contributed by atoms with E-state index in [1.807, 2.05) is 43.3 Å². The van der Waals surface area contributed by atoms with Crippen LogP contribution in [0.2, 0.25) is 0 Å². The number of hydrogen-bond acceptors (Lipinski definition) is 3. The van der Waals surface area contributed by atoms with E-state index in [0.29, 0.717) is 17.7 Å². The smallest absolute Gasteiger partial charge is 0.330 e. The van der Waals surface area contributed by atoms with E-state index in [0.717, 1.165) is 11.1 Å². The molecule has 0 spiro atoms. The highest BCUT2D eigenvalue weighted by Gasteiger charge is 2.12. The minimum absolute atomic E-state index is 0.0235. The van der Waals surface area contributed by atoms with Crippen molar-refractivity contribution in [1.29, 1.82) is 0 Å². The summed E-state index contributed by atoms with van der Waals surface area (Å²) in [5, 5.41) is 0. The first kappa shape index (κ1) is 17.4. The Balaban J connectivity index is 2.15. The average molecular weight is 320 g/mol. The topological polar surface area (TPSA) is 43.4 Å². The van der Waals surface area contributed by atoms with Crippen molar-refractivity contribution in [2.75, 3.05) is 6.61 Å². The van der Waals surface area contributed by atoms with Crippen LogP contribution in [0.15, 0.2) is 66.7 Å². The van der Waals surface area contributed by atoms with Crippen molar-refractivity contribution in [3.63, 3.8) is 0 Å². The van der Waals surface area contributed by atoms with Crippen molar-refractivity contribution in [3.8, 4) is 0 Å². The number of ketones is 1. The molecule has 0 N–H and O–H groups in total. The predicted molar refractivity (Wildman–Crippen MR) is 96.5 cm³/mol. The molecular weight excluding hydrogens is 300 g/mol. The Hall–Kier alpha value is -2.94. The molecule has 3 heteroatoms. The van der Waals surface area contributed by atoms with E-state index in [4.69, 9.17) is 4.74 Å². The number of ether oxygens (including phenoxy) is 1. The molecule has 0 saturated heterocycles. The maximum Gasteiger partial charge on any atom is 0.330 e. The van der Waals surface area contributed by atoms with E-state index in [2.05, 4.69) is 0 Å². The zero-order chi connectivity index (χ0) is 17.4. The first-order chi connectivity index (χ1) is 11.7. The SMILES string of the molecule is C/C=C(/C(=O)c1ccc(/C=C/C(=O)OCC)cc1)c1ccccc1. The van der Waals surface area contributed by atoms with Gasteiger partial charge in [0.15, 0.2) is 5.78 Å². The molecular formula is C21H20O3. The fourth-order valence-corrected chi connectivity index (χ4v) is 2.30. The minimum atomic E-state index is -0.377. The van der Waals surface area contributed by atoms with Crippen molar-refractivity contribution >= 4 is 23.4 Å². The van der Waals surface area contributed by atoms with Crippen molar-refractivity contribution in [2.45, 2.75) is 13.8 Å². The summed E-state index contributed by atoms with van der Waals surface area (Å²) in [6, 6.07) is 16.7. The molecule has 0 aliphatic carbocycles. The second-order valence-corrected chi connectivity index (χ2v) is 5.10. The van der Waals surface area contributed by atoms with Gasteiger partial charge < -0.3 is 4.74 Å². The molecule has 0 fully saturated rings. The van der Waals surface area contributed by atoms with Gasteiger partial charge in [-0.05, 0) is 31.1 Å². The van der Waals surface area contributed by atoms with Gasteiger partial charge in [-0.15, -0.1) is 0 Å². The number of Topliss-reactive ketones (excluding diaryl/α,β-unsaturated/α-hetero) is 1. The van der Waals surface area contributed by atoms with Crippen LogP contribution in [-0.2, 0) is 9.53 Å². The Labute approximate surface area is 142 Å². The molecule has 0 bridgehead atoms. The standard InChI is InChI=1S/C21H20O3/c1-3-19(17-8-6-5-7-9-17)21(23)18-13-10-16(11-14-18)12-15-20(22)24-4-2/h3,5-15H,4H2,1-2H3/b15-12+,19-3+. The van der Waals surface area contributed by atoms with Gasteiger partial charge in [-0.25, -0.2) is 4.79 Å². The van der Waals surface area contributed by atoms with Crippen LogP contribution in [0.25, 0.3) is 11.6 Å². The first-order valence-electron chi connectivity index (χ1n) is 7.87. The fourth-order valence-electron chi connectivity index (χ4n) is 2.30. The van der Waals surface area contributed by atoms with Gasteiger partial charge in [0.05, 0.1) is 6.61 Å². The Morgan fingerprint density at radius 1 is 0.958 bits per heavy atom. The first-order valence-corrected chi connectivity index (χ1v) is 7.87. The summed E-state index contributed by atoms with van der Waals surface area (Å²) in [5.41, 5.74) is 3.02. The van der Waals surface area contributed by atoms with E-state index < -0.39 is 0 Å². The molecule has 0 unspecified atom stereocenters. The molecule has 0 aliphatic rings. The molecule has 0 aromatic heterocycles. The number of benzene rings is 2. The van der Waals surface area contributed by atoms with Gasteiger partial charge in [-0.3, -0.25) is 4.79 Å². The third-order valence-corrected chi connectivity index (χ3v) is 3.49. The van der Waals surface area contributed by atoms with Crippen LogP contribution in [0, 0.1) is 0 Å². The van der Waals surface area contributed by atoms with Gasteiger partial charge >= 0.3 is 5.97 Å². The number of carbonyl (C=O) groups excluding carboxylic acids is 2. The molecule has 0 radical (unpaired) electrons. The second-order valence-electron chi connectivity index (χ2n) is 5.10. The number of carbonyl (C=O) groups is 2. The normalized spacial score (nSPS) is 11.5. The molecule has 2 aromatic carbocycles. The molecule has 0 atom stereocenters. The maximum atomic E-state index is 12.7. The zero-order valence-corrected chi connectivity index (χ0v) is 13.9. The average Bonchev–Trinajstić information content (AvgIpc) is 2.62. The van der Waals surface area contributed by atoms with Gasteiger partial charge in [0, 0.05) is 17.2 Å². The van der Waals surface area contributed by atoms with Crippen LogP contribution in [0.3, 0.4) is 0 Å². The second kappa shape index (κ2) is 8.63. The number of esters is 1. The molecule has 0 saturated carbocycles. The van der Waals surface area contributed by atoms with Gasteiger partial charge in [0.25, 0.3) is 0 Å². The lowest BCUT2D eigenvalue weighted by Gasteiger charge is -2.07. The Morgan fingerprint density at radius 3 is 2.21 bits per heavy atom. The molecule has 0 aliphatic heterocycles. The maximum absolute atomic E-state index is 12.7. The molecule has 122 valence electrons. The summed E-state index contributed by atoms with van der Waals surface area (Å²) >= 11 is 0. The van der Waals surface area contributed by atoms with E-state index in [-0.39, 0.29) is 11.8 Å². The van der Waals surface area contributed by atoms with Crippen molar-refractivity contribution in [2.24, 2.45) is 0 Å². The Bertz CT molecular complexity index is 753. The number of hydrogen-bond donors (Lipinski definition) is 0. The van der Waals surface area contributed by atoms with E-state index >= 15 is 0 Å². The lowest BCUT2D eigenvalue weighted by Crippen LogP contribution is -2.02. The van der Waals surface area contributed by atoms with Gasteiger partial charge in [-0.2, -0.15) is 0 Å². The molecule has 0 heterocycles. The highest BCUT2D eigenvalue weighted by Crippen LogP contribution is 2.20. The third kappa shape index (κ3) is 4.53. The fraction of sp³-hybridized carbons (Fsp3) is 0.143. The van der Waals surface area contributed by atoms with Crippen molar-refractivity contribution in [1.82, 2.24) is 0 Å². The summed E-state index contributed by atoms with van der Waals surface area (Å²) in [5.74, 6) is -0.400. The monoisotopic (exact) mass is 320 g/mol. The highest BCUT2D eigenvalue weighted by molar-refractivity contribution is 6.28.